The van der Waals surface area contributed by atoms with Crippen LogP contribution in [-0.4, -0.2) is 8.42 Å². The molecule has 1 aromatic rings. The number of alkyl halides is 3. The Bertz CT molecular complexity index is 507. The van der Waals surface area contributed by atoms with Gasteiger partial charge in [0.2, 0.25) is 10.0 Å². The molecule has 1 aliphatic rings. The second-order valence-electron chi connectivity index (χ2n) is 3.23. The van der Waals surface area contributed by atoms with E-state index in [4.69, 9.17) is 0 Å². The topological polar surface area (TPSA) is 46.2 Å². The van der Waals surface area contributed by atoms with Gasteiger partial charge >= 0.3 is 6.18 Å². The molecule has 0 saturated heterocycles. The van der Waals surface area contributed by atoms with Crippen molar-refractivity contribution in [2.75, 3.05) is 4.72 Å². The van der Waals surface area contributed by atoms with Crippen molar-refractivity contribution in [2.45, 2.75) is 11.9 Å². The lowest BCUT2D eigenvalue weighted by Gasteiger charge is -2.07. The molecule has 3 nitrogen and oxygen atoms in total. The molecule has 7 heteroatoms. The number of sulfonamides is 1. The molecule has 82 valence electrons. The van der Waals surface area contributed by atoms with Crippen LogP contribution in [0.15, 0.2) is 18.2 Å². The first-order valence-electron chi connectivity index (χ1n) is 3.98. The molecular weight excluding hydrogens is 231 g/mol. The van der Waals surface area contributed by atoms with Crippen LogP contribution < -0.4 is 4.72 Å². The van der Waals surface area contributed by atoms with Crippen LogP contribution >= 0.6 is 0 Å². The number of hydrogen-bond donors (Lipinski definition) is 1. The summed E-state index contributed by atoms with van der Waals surface area (Å²) in [5, 5.41) is 0. The van der Waals surface area contributed by atoms with Gasteiger partial charge in [-0.05, 0) is 23.8 Å². The van der Waals surface area contributed by atoms with E-state index in [1.807, 2.05) is 0 Å². The number of halogens is 3. The van der Waals surface area contributed by atoms with Gasteiger partial charge in [-0.1, -0.05) is 0 Å². The van der Waals surface area contributed by atoms with Gasteiger partial charge in [0.25, 0.3) is 0 Å². The monoisotopic (exact) mass is 237 g/mol. The number of nitrogens with one attached hydrogen (secondary N) is 1. The minimum absolute atomic E-state index is 0.157. The Balaban J connectivity index is 2.48. The SMILES string of the molecule is O=S1(=O)Cc2cc(C(F)(F)F)ccc2N1. The summed E-state index contributed by atoms with van der Waals surface area (Å²) in [7, 11) is -3.49. The minimum Gasteiger partial charge on any atom is -0.283 e. The zero-order chi connectivity index (χ0) is 11.3. The minimum atomic E-state index is -4.44. The molecule has 0 aliphatic carbocycles. The fourth-order valence-corrected chi connectivity index (χ4v) is 2.65. The van der Waals surface area contributed by atoms with Gasteiger partial charge in [0.15, 0.2) is 0 Å². The van der Waals surface area contributed by atoms with Crippen LogP contribution in [0.1, 0.15) is 11.1 Å². The van der Waals surface area contributed by atoms with Gasteiger partial charge < -0.3 is 0 Å². The third-order valence-electron chi connectivity index (χ3n) is 2.04. The van der Waals surface area contributed by atoms with Crippen LogP contribution in [0.25, 0.3) is 0 Å². The fourth-order valence-electron chi connectivity index (χ4n) is 1.40. The summed E-state index contributed by atoms with van der Waals surface area (Å²) in [4.78, 5) is 0. The van der Waals surface area contributed by atoms with Crippen LogP contribution in [0.3, 0.4) is 0 Å². The van der Waals surface area contributed by atoms with Crippen molar-refractivity contribution in [3.05, 3.63) is 29.3 Å². The van der Waals surface area contributed by atoms with Crippen molar-refractivity contribution in [3.63, 3.8) is 0 Å². The Hall–Kier alpha value is -1.24. The van der Waals surface area contributed by atoms with Crippen molar-refractivity contribution in [3.8, 4) is 0 Å². The van der Waals surface area contributed by atoms with E-state index < -0.39 is 27.5 Å². The molecule has 0 unspecified atom stereocenters. The van der Waals surface area contributed by atoms with Gasteiger partial charge in [-0.15, -0.1) is 0 Å². The summed E-state index contributed by atoms with van der Waals surface area (Å²) >= 11 is 0. The van der Waals surface area contributed by atoms with Gasteiger partial charge in [0, 0.05) is 0 Å². The zero-order valence-electron chi connectivity index (χ0n) is 7.30. The third kappa shape index (κ3) is 1.92. The van der Waals surface area contributed by atoms with Gasteiger partial charge in [0.05, 0.1) is 17.0 Å². The molecule has 15 heavy (non-hydrogen) atoms. The van der Waals surface area contributed by atoms with Crippen LogP contribution in [0.5, 0.6) is 0 Å². The molecule has 0 amide bonds. The van der Waals surface area contributed by atoms with Gasteiger partial charge in [-0.3, -0.25) is 4.72 Å². The van der Waals surface area contributed by atoms with Crippen molar-refractivity contribution < 1.29 is 21.6 Å². The largest absolute Gasteiger partial charge is 0.416 e. The molecule has 0 aromatic heterocycles. The average Bonchev–Trinajstić information content (AvgIpc) is 2.34. The maximum Gasteiger partial charge on any atom is 0.416 e. The summed E-state index contributed by atoms with van der Waals surface area (Å²) in [6, 6.07) is 2.84. The van der Waals surface area contributed by atoms with Crippen molar-refractivity contribution in [1.82, 2.24) is 0 Å². The van der Waals surface area contributed by atoms with Crippen molar-refractivity contribution in [2.24, 2.45) is 0 Å². The lowest BCUT2D eigenvalue weighted by atomic mass is 10.1. The second-order valence-corrected chi connectivity index (χ2v) is 4.95. The maximum absolute atomic E-state index is 12.3. The Morgan fingerprint density at radius 2 is 1.93 bits per heavy atom. The van der Waals surface area contributed by atoms with E-state index in [-0.39, 0.29) is 11.3 Å². The normalized spacial score (nSPS) is 18.3. The lowest BCUT2D eigenvalue weighted by molar-refractivity contribution is -0.137. The van der Waals surface area contributed by atoms with E-state index in [0.29, 0.717) is 0 Å². The highest BCUT2D eigenvalue weighted by atomic mass is 32.2. The van der Waals surface area contributed by atoms with Crippen molar-refractivity contribution in [1.29, 1.82) is 0 Å². The molecular formula is C8H6F3NO2S. The highest BCUT2D eigenvalue weighted by Crippen LogP contribution is 2.34. The van der Waals surface area contributed by atoms with E-state index in [2.05, 4.69) is 4.72 Å². The van der Waals surface area contributed by atoms with Crippen LogP contribution in [0, 0.1) is 0 Å². The first kappa shape index (κ1) is 10.3. The fraction of sp³-hybridized carbons (Fsp3) is 0.250. The Labute approximate surface area is 84.0 Å². The summed E-state index contributed by atoms with van der Waals surface area (Å²) in [6.45, 7) is 0. The second kappa shape index (κ2) is 2.88. The lowest BCUT2D eigenvalue weighted by Crippen LogP contribution is -2.05. The van der Waals surface area contributed by atoms with Gasteiger partial charge in [-0.25, -0.2) is 8.42 Å². The number of fused-ring (bicyclic) bond motifs is 1. The summed E-state index contributed by atoms with van der Waals surface area (Å²) in [5.74, 6) is -0.397. The van der Waals surface area contributed by atoms with Crippen molar-refractivity contribution >= 4 is 15.7 Å². The molecule has 1 N–H and O–H groups in total. The molecule has 0 saturated carbocycles. The number of anilines is 1. The smallest absolute Gasteiger partial charge is 0.283 e. The Morgan fingerprint density at radius 1 is 1.27 bits per heavy atom. The quantitative estimate of drug-likeness (QED) is 0.749. The predicted molar refractivity (Wildman–Crippen MR) is 47.7 cm³/mol. The molecule has 1 heterocycles. The maximum atomic E-state index is 12.3. The molecule has 0 radical (unpaired) electrons. The van der Waals surface area contributed by atoms with E-state index in [1.165, 1.54) is 0 Å². The van der Waals surface area contributed by atoms with E-state index in [0.717, 1.165) is 18.2 Å². The highest BCUT2D eigenvalue weighted by Gasteiger charge is 2.33. The van der Waals surface area contributed by atoms with Crippen LogP contribution in [0.2, 0.25) is 0 Å². The van der Waals surface area contributed by atoms with E-state index >= 15 is 0 Å². The molecule has 2 rings (SSSR count). The van der Waals surface area contributed by atoms with E-state index in [9.17, 15) is 21.6 Å². The summed E-state index contributed by atoms with van der Waals surface area (Å²) in [5.41, 5.74) is -0.451. The molecule has 1 aromatic carbocycles. The van der Waals surface area contributed by atoms with Crippen LogP contribution in [-0.2, 0) is 22.0 Å². The Morgan fingerprint density at radius 3 is 2.53 bits per heavy atom. The van der Waals surface area contributed by atoms with E-state index in [1.54, 1.807) is 0 Å². The molecule has 0 fully saturated rings. The average molecular weight is 237 g/mol. The number of hydrogen-bond acceptors (Lipinski definition) is 2. The molecule has 0 atom stereocenters. The first-order chi connectivity index (χ1) is 6.78. The van der Waals surface area contributed by atoms with Gasteiger partial charge in [0.1, 0.15) is 0 Å². The standard InChI is InChI=1S/C8H6F3NO2S/c9-8(10,11)6-1-2-7-5(3-6)4-15(13,14)12-7/h1-3,12H,4H2. The molecule has 0 spiro atoms. The molecule has 0 bridgehead atoms. The highest BCUT2D eigenvalue weighted by molar-refractivity contribution is 7.92. The predicted octanol–water partition coefficient (Wildman–Crippen LogP) is 1.96. The van der Waals surface area contributed by atoms with Crippen LogP contribution in [0.4, 0.5) is 18.9 Å². The first-order valence-corrected chi connectivity index (χ1v) is 5.64. The third-order valence-corrected chi connectivity index (χ3v) is 3.27. The Kier molecular flexibility index (Phi) is 1.97. The van der Waals surface area contributed by atoms with Gasteiger partial charge in [-0.2, -0.15) is 13.2 Å². The summed E-state index contributed by atoms with van der Waals surface area (Å²) in [6.07, 6.45) is -4.44. The summed E-state index contributed by atoms with van der Waals surface area (Å²) < 4.78 is 61.1. The zero-order valence-corrected chi connectivity index (χ0v) is 8.11. The molecule has 1 aliphatic heterocycles. The number of benzene rings is 1. The number of rotatable bonds is 0.